The number of sulfonamides is 1. The Labute approximate surface area is 114 Å². The predicted octanol–water partition coefficient (Wildman–Crippen LogP) is 3.22. The van der Waals surface area contributed by atoms with Crippen molar-refractivity contribution < 1.29 is 8.42 Å². The highest BCUT2D eigenvalue weighted by molar-refractivity contribution is 7.89. The van der Waals surface area contributed by atoms with E-state index in [1.165, 1.54) is 0 Å². The standard InChI is InChI=1S/C13H18ClNO2S/c1-2-10-18(16,17)15-9-5-8-13(15)11-6-3-4-7-12(11)14/h3-4,6-7,13H,2,5,8-10H2,1H3/t13-/m0/s1. The van der Waals surface area contributed by atoms with E-state index in [1.807, 2.05) is 31.2 Å². The van der Waals surface area contributed by atoms with E-state index in [0.717, 1.165) is 18.4 Å². The highest BCUT2D eigenvalue weighted by Gasteiger charge is 2.35. The minimum absolute atomic E-state index is 0.0877. The van der Waals surface area contributed by atoms with Gasteiger partial charge in [0.2, 0.25) is 10.0 Å². The van der Waals surface area contributed by atoms with Crippen LogP contribution in [0.25, 0.3) is 0 Å². The van der Waals surface area contributed by atoms with E-state index in [-0.39, 0.29) is 11.8 Å². The van der Waals surface area contributed by atoms with Crippen LogP contribution in [0, 0.1) is 0 Å². The fourth-order valence-corrected chi connectivity index (χ4v) is 4.53. The minimum atomic E-state index is -3.15. The monoisotopic (exact) mass is 287 g/mol. The molecule has 3 nitrogen and oxygen atoms in total. The zero-order valence-electron chi connectivity index (χ0n) is 10.5. The Morgan fingerprint density at radius 3 is 2.78 bits per heavy atom. The van der Waals surface area contributed by atoms with Crippen LogP contribution in [0.3, 0.4) is 0 Å². The maximum absolute atomic E-state index is 12.2. The topological polar surface area (TPSA) is 37.4 Å². The van der Waals surface area contributed by atoms with Crippen molar-refractivity contribution in [2.24, 2.45) is 0 Å². The maximum Gasteiger partial charge on any atom is 0.214 e. The summed E-state index contributed by atoms with van der Waals surface area (Å²) in [5.41, 5.74) is 0.927. The summed E-state index contributed by atoms with van der Waals surface area (Å²) in [5.74, 6) is 0.216. The second-order valence-corrected chi connectivity index (χ2v) is 7.05. The lowest BCUT2D eigenvalue weighted by Gasteiger charge is -2.24. The van der Waals surface area contributed by atoms with Gasteiger partial charge in [-0.05, 0) is 30.9 Å². The van der Waals surface area contributed by atoms with Crippen LogP contribution in [0.5, 0.6) is 0 Å². The number of rotatable bonds is 4. The average molecular weight is 288 g/mol. The summed E-state index contributed by atoms with van der Waals surface area (Å²) < 4.78 is 26.0. The van der Waals surface area contributed by atoms with Gasteiger partial charge in [-0.3, -0.25) is 0 Å². The van der Waals surface area contributed by atoms with Crippen molar-refractivity contribution in [2.75, 3.05) is 12.3 Å². The molecule has 1 aliphatic rings. The number of halogens is 1. The first kappa shape index (κ1) is 13.8. The van der Waals surface area contributed by atoms with E-state index in [1.54, 1.807) is 4.31 Å². The van der Waals surface area contributed by atoms with Crippen molar-refractivity contribution >= 4 is 21.6 Å². The summed E-state index contributed by atoms with van der Waals surface area (Å²) >= 11 is 6.18. The summed E-state index contributed by atoms with van der Waals surface area (Å²) in [6.07, 6.45) is 2.40. The quantitative estimate of drug-likeness (QED) is 0.853. The van der Waals surface area contributed by atoms with Gasteiger partial charge in [-0.2, -0.15) is 4.31 Å². The molecule has 1 aromatic rings. The fourth-order valence-electron chi connectivity index (χ4n) is 2.50. The van der Waals surface area contributed by atoms with Crippen LogP contribution < -0.4 is 0 Å². The van der Waals surface area contributed by atoms with Gasteiger partial charge in [-0.15, -0.1) is 0 Å². The number of hydrogen-bond acceptors (Lipinski definition) is 2. The third-order valence-electron chi connectivity index (χ3n) is 3.29. The van der Waals surface area contributed by atoms with Crippen molar-refractivity contribution in [3.8, 4) is 0 Å². The normalized spacial score (nSPS) is 21.3. The summed E-state index contributed by atoms with van der Waals surface area (Å²) in [6.45, 7) is 2.50. The van der Waals surface area contributed by atoms with Crippen LogP contribution in [-0.4, -0.2) is 25.0 Å². The van der Waals surface area contributed by atoms with Crippen molar-refractivity contribution in [3.63, 3.8) is 0 Å². The van der Waals surface area contributed by atoms with Gasteiger partial charge >= 0.3 is 0 Å². The smallest absolute Gasteiger partial charge is 0.212 e. The Balaban J connectivity index is 2.31. The van der Waals surface area contributed by atoms with Crippen molar-refractivity contribution in [2.45, 2.75) is 32.2 Å². The first-order valence-electron chi connectivity index (χ1n) is 6.30. The van der Waals surface area contributed by atoms with Gasteiger partial charge in [0.25, 0.3) is 0 Å². The average Bonchev–Trinajstić information content (AvgIpc) is 2.79. The molecule has 0 spiro atoms. The Morgan fingerprint density at radius 1 is 1.39 bits per heavy atom. The highest BCUT2D eigenvalue weighted by Crippen LogP contribution is 2.37. The minimum Gasteiger partial charge on any atom is -0.212 e. The van der Waals surface area contributed by atoms with Gasteiger partial charge in [0.05, 0.1) is 11.8 Å². The van der Waals surface area contributed by atoms with Crippen LogP contribution in [0.4, 0.5) is 0 Å². The Morgan fingerprint density at radius 2 is 2.11 bits per heavy atom. The van der Waals surface area contributed by atoms with E-state index < -0.39 is 10.0 Å². The highest BCUT2D eigenvalue weighted by atomic mass is 35.5. The molecule has 2 rings (SSSR count). The molecule has 0 N–H and O–H groups in total. The molecule has 1 atom stereocenters. The molecule has 1 heterocycles. The molecule has 0 unspecified atom stereocenters. The van der Waals surface area contributed by atoms with Gasteiger partial charge in [0.1, 0.15) is 0 Å². The number of hydrogen-bond donors (Lipinski definition) is 0. The van der Waals surface area contributed by atoms with Crippen LogP contribution in [0.15, 0.2) is 24.3 Å². The molecule has 1 fully saturated rings. The van der Waals surface area contributed by atoms with Gasteiger partial charge in [0.15, 0.2) is 0 Å². The third kappa shape index (κ3) is 2.71. The molecule has 100 valence electrons. The first-order chi connectivity index (χ1) is 8.56. The Kier molecular flexibility index (Phi) is 4.30. The van der Waals surface area contributed by atoms with Crippen molar-refractivity contribution in [3.05, 3.63) is 34.9 Å². The molecular weight excluding hydrogens is 270 g/mol. The molecule has 0 bridgehead atoms. The summed E-state index contributed by atoms with van der Waals surface area (Å²) in [6, 6.07) is 7.43. The molecule has 0 saturated carbocycles. The molecular formula is C13H18ClNO2S. The Bertz CT molecular complexity index is 515. The van der Waals surface area contributed by atoms with Gasteiger partial charge in [-0.25, -0.2) is 8.42 Å². The van der Waals surface area contributed by atoms with E-state index in [4.69, 9.17) is 11.6 Å². The molecule has 18 heavy (non-hydrogen) atoms. The van der Waals surface area contributed by atoms with E-state index in [9.17, 15) is 8.42 Å². The molecule has 1 saturated heterocycles. The summed E-state index contributed by atoms with van der Waals surface area (Å²) in [4.78, 5) is 0. The predicted molar refractivity (Wildman–Crippen MR) is 74.2 cm³/mol. The molecule has 0 aromatic heterocycles. The largest absolute Gasteiger partial charge is 0.214 e. The molecule has 0 amide bonds. The summed E-state index contributed by atoms with van der Waals surface area (Å²) in [5, 5.41) is 0.654. The number of benzene rings is 1. The Hall–Kier alpha value is -0.580. The SMILES string of the molecule is CCCS(=O)(=O)N1CCC[C@H]1c1ccccc1Cl. The molecule has 5 heteroatoms. The van der Waals surface area contributed by atoms with Crippen LogP contribution >= 0.6 is 11.6 Å². The van der Waals surface area contributed by atoms with Gasteiger partial charge in [-0.1, -0.05) is 36.7 Å². The van der Waals surface area contributed by atoms with Crippen LogP contribution in [0.1, 0.15) is 37.8 Å². The van der Waals surface area contributed by atoms with Crippen LogP contribution in [-0.2, 0) is 10.0 Å². The zero-order valence-corrected chi connectivity index (χ0v) is 12.0. The van der Waals surface area contributed by atoms with E-state index >= 15 is 0 Å². The zero-order chi connectivity index (χ0) is 13.2. The molecule has 1 aliphatic heterocycles. The molecule has 1 aromatic carbocycles. The van der Waals surface area contributed by atoms with E-state index in [2.05, 4.69) is 0 Å². The third-order valence-corrected chi connectivity index (χ3v) is 5.71. The second kappa shape index (κ2) is 5.59. The van der Waals surface area contributed by atoms with Crippen molar-refractivity contribution in [1.82, 2.24) is 4.31 Å². The lowest BCUT2D eigenvalue weighted by molar-refractivity contribution is 0.396. The maximum atomic E-state index is 12.2. The lowest BCUT2D eigenvalue weighted by Crippen LogP contribution is -2.32. The summed E-state index contributed by atoms with van der Waals surface area (Å²) in [7, 11) is -3.15. The first-order valence-corrected chi connectivity index (χ1v) is 8.29. The van der Waals surface area contributed by atoms with Crippen molar-refractivity contribution in [1.29, 1.82) is 0 Å². The van der Waals surface area contributed by atoms with E-state index in [0.29, 0.717) is 18.0 Å². The number of nitrogens with zero attached hydrogens (tertiary/aromatic N) is 1. The van der Waals surface area contributed by atoms with Crippen LogP contribution in [0.2, 0.25) is 5.02 Å². The molecule has 0 radical (unpaired) electrons. The molecule has 0 aliphatic carbocycles. The van der Waals surface area contributed by atoms with Gasteiger partial charge < -0.3 is 0 Å². The fraction of sp³-hybridized carbons (Fsp3) is 0.538. The second-order valence-electron chi connectivity index (χ2n) is 4.61. The van der Waals surface area contributed by atoms with Gasteiger partial charge in [0, 0.05) is 11.6 Å². The lowest BCUT2D eigenvalue weighted by atomic mass is 10.1.